The molecule has 1 fully saturated rings. The van der Waals surface area contributed by atoms with Crippen LogP contribution in [0, 0.1) is 11.3 Å². The van der Waals surface area contributed by atoms with E-state index in [1.54, 1.807) is 0 Å². The Labute approximate surface area is 129 Å². The third-order valence-corrected chi connectivity index (χ3v) is 4.41. The molecule has 0 saturated heterocycles. The first-order chi connectivity index (χ1) is 9.96. The normalized spacial score (nSPS) is 25.7. The van der Waals surface area contributed by atoms with E-state index in [1.807, 2.05) is 6.07 Å². The zero-order chi connectivity index (χ0) is 15.3. The predicted molar refractivity (Wildman–Crippen MR) is 90.2 cm³/mol. The molecular formula is C19H28N2. The highest BCUT2D eigenvalue weighted by atomic mass is 14.8. The van der Waals surface area contributed by atoms with E-state index in [4.69, 9.17) is 0 Å². The molecule has 2 heteroatoms. The molecule has 0 bridgehead atoms. The van der Waals surface area contributed by atoms with Gasteiger partial charge in [0.1, 0.15) is 0 Å². The summed E-state index contributed by atoms with van der Waals surface area (Å²) in [6, 6.07) is 13.9. The van der Waals surface area contributed by atoms with E-state index in [0.717, 1.165) is 18.9 Å². The Morgan fingerprint density at radius 3 is 2.62 bits per heavy atom. The number of hydrogen-bond donors (Lipinski definition) is 0. The summed E-state index contributed by atoms with van der Waals surface area (Å²) in [5.74, 6) is 1.18. The van der Waals surface area contributed by atoms with Crippen molar-refractivity contribution in [2.24, 2.45) is 21.3 Å². The minimum Gasteiger partial charge on any atom is -0.225 e. The van der Waals surface area contributed by atoms with Gasteiger partial charge in [-0.3, -0.25) is 0 Å². The van der Waals surface area contributed by atoms with Crippen molar-refractivity contribution >= 4 is 6.01 Å². The SMILES string of the molecule is CC1CC(N=C=NCC(C)c2ccccc2)CC(C)(C)C1. The van der Waals surface area contributed by atoms with Gasteiger partial charge in [-0.1, -0.05) is 58.0 Å². The van der Waals surface area contributed by atoms with Crippen LogP contribution in [0.1, 0.15) is 58.4 Å². The highest BCUT2D eigenvalue weighted by Gasteiger charge is 2.31. The Morgan fingerprint density at radius 2 is 1.95 bits per heavy atom. The van der Waals surface area contributed by atoms with Crippen LogP contribution in [0.25, 0.3) is 0 Å². The van der Waals surface area contributed by atoms with Gasteiger partial charge in [0.05, 0.1) is 18.6 Å². The minimum atomic E-state index is 0.402. The van der Waals surface area contributed by atoms with Crippen molar-refractivity contribution in [1.82, 2.24) is 0 Å². The summed E-state index contributed by atoms with van der Waals surface area (Å²) in [4.78, 5) is 8.98. The molecule has 2 rings (SSSR count). The van der Waals surface area contributed by atoms with E-state index < -0.39 is 0 Å². The molecular weight excluding hydrogens is 256 g/mol. The smallest absolute Gasteiger partial charge is 0.0895 e. The number of benzene rings is 1. The molecule has 0 aromatic heterocycles. The maximum atomic E-state index is 4.58. The summed E-state index contributed by atoms with van der Waals surface area (Å²) in [5.41, 5.74) is 1.74. The van der Waals surface area contributed by atoms with Crippen LogP contribution in [0.5, 0.6) is 0 Å². The second-order valence-electron chi connectivity index (χ2n) is 7.45. The molecule has 0 heterocycles. The summed E-state index contributed by atoms with van der Waals surface area (Å²) < 4.78 is 0. The third kappa shape index (κ3) is 5.13. The van der Waals surface area contributed by atoms with Gasteiger partial charge in [0.25, 0.3) is 0 Å². The Bertz CT molecular complexity index is 498. The molecule has 1 aromatic carbocycles. The Balaban J connectivity index is 1.89. The Hall–Kier alpha value is -1.40. The van der Waals surface area contributed by atoms with E-state index in [9.17, 15) is 0 Å². The first-order valence-corrected chi connectivity index (χ1v) is 8.12. The lowest BCUT2D eigenvalue weighted by Gasteiger charge is -2.36. The molecule has 0 radical (unpaired) electrons. The van der Waals surface area contributed by atoms with Crippen molar-refractivity contribution in [2.45, 2.75) is 58.9 Å². The maximum Gasteiger partial charge on any atom is 0.0895 e. The number of hydrogen-bond acceptors (Lipinski definition) is 2. The van der Waals surface area contributed by atoms with E-state index in [0.29, 0.717) is 17.4 Å². The molecule has 3 unspecified atom stereocenters. The first kappa shape index (κ1) is 16.0. The summed E-state index contributed by atoms with van der Waals surface area (Å²) in [6.07, 6.45) is 3.65. The lowest BCUT2D eigenvalue weighted by Crippen LogP contribution is -2.29. The standard InChI is InChI=1S/C19H28N2/c1-15-10-18(12-19(3,4)11-15)21-14-20-13-16(2)17-8-6-5-7-9-17/h5-9,15-16,18H,10-13H2,1-4H3. The topological polar surface area (TPSA) is 24.7 Å². The molecule has 114 valence electrons. The van der Waals surface area contributed by atoms with Crippen LogP contribution >= 0.6 is 0 Å². The van der Waals surface area contributed by atoms with Crippen LogP contribution in [0.15, 0.2) is 40.3 Å². The average molecular weight is 284 g/mol. The van der Waals surface area contributed by atoms with Crippen molar-refractivity contribution < 1.29 is 0 Å². The molecule has 0 N–H and O–H groups in total. The van der Waals surface area contributed by atoms with Gasteiger partial charge in [0, 0.05) is 5.92 Å². The van der Waals surface area contributed by atoms with Gasteiger partial charge in [-0.2, -0.15) is 0 Å². The molecule has 1 aromatic rings. The maximum absolute atomic E-state index is 4.58. The fourth-order valence-electron chi connectivity index (χ4n) is 3.58. The van der Waals surface area contributed by atoms with Crippen molar-refractivity contribution in [3.05, 3.63) is 35.9 Å². The molecule has 3 atom stereocenters. The van der Waals surface area contributed by atoms with E-state index in [2.05, 4.69) is 68.0 Å². The Morgan fingerprint density at radius 1 is 1.24 bits per heavy atom. The van der Waals surface area contributed by atoms with Crippen LogP contribution in [0.2, 0.25) is 0 Å². The van der Waals surface area contributed by atoms with Gasteiger partial charge < -0.3 is 0 Å². The van der Waals surface area contributed by atoms with Crippen LogP contribution in [-0.4, -0.2) is 18.6 Å². The fraction of sp³-hybridized carbons (Fsp3) is 0.632. The first-order valence-electron chi connectivity index (χ1n) is 8.12. The molecule has 21 heavy (non-hydrogen) atoms. The van der Waals surface area contributed by atoms with Crippen LogP contribution in [0.3, 0.4) is 0 Å². The van der Waals surface area contributed by atoms with Gasteiger partial charge in [-0.15, -0.1) is 0 Å². The summed E-state index contributed by atoms with van der Waals surface area (Å²) in [6.45, 7) is 9.99. The van der Waals surface area contributed by atoms with E-state index in [-0.39, 0.29) is 0 Å². The highest BCUT2D eigenvalue weighted by molar-refractivity contribution is 5.42. The van der Waals surface area contributed by atoms with E-state index >= 15 is 0 Å². The molecule has 1 saturated carbocycles. The molecule has 2 nitrogen and oxygen atoms in total. The fourth-order valence-corrected chi connectivity index (χ4v) is 3.58. The zero-order valence-corrected chi connectivity index (χ0v) is 13.8. The van der Waals surface area contributed by atoms with Crippen LogP contribution in [0.4, 0.5) is 0 Å². The third-order valence-electron chi connectivity index (χ3n) is 4.41. The second-order valence-corrected chi connectivity index (χ2v) is 7.45. The average Bonchev–Trinajstić information content (AvgIpc) is 2.42. The van der Waals surface area contributed by atoms with Gasteiger partial charge >= 0.3 is 0 Å². The lowest BCUT2D eigenvalue weighted by atomic mass is 9.71. The summed E-state index contributed by atoms with van der Waals surface area (Å²) in [5, 5.41) is 0. The number of aliphatic imine (C=N–C) groups is 2. The largest absolute Gasteiger partial charge is 0.225 e. The summed E-state index contributed by atoms with van der Waals surface area (Å²) >= 11 is 0. The molecule has 0 aliphatic heterocycles. The lowest BCUT2D eigenvalue weighted by molar-refractivity contribution is 0.171. The molecule has 0 amide bonds. The quantitative estimate of drug-likeness (QED) is 0.681. The van der Waals surface area contributed by atoms with Crippen molar-refractivity contribution in [2.75, 3.05) is 6.54 Å². The zero-order valence-electron chi connectivity index (χ0n) is 13.8. The highest BCUT2D eigenvalue weighted by Crippen LogP contribution is 2.39. The van der Waals surface area contributed by atoms with Crippen LogP contribution in [-0.2, 0) is 0 Å². The van der Waals surface area contributed by atoms with Gasteiger partial charge in [-0.25, -0.2) is 9.98 Å². The Kier molecular flexibility index (Phi) is 5.36. The minimum absolute atomic E-state index is 0.402. The van der Waals surface area contributed by atoms with Crippen molar-refractivity contribution in [1.29, 1.82) is 0 Å². The molecule has 0 spiro atoms. The molecule has 1 aliphatic carbocycles. The summed E-state index contributed by atoms with van der Waals surface area (Å²) in [7, 11) is 0. The van der Waals surface area contributed by atoms with Crippen molar-refractivity contribution in [3.8, 4) is 0 Å². The van der Waals surface area contributed by atoms with E-state index in [1.165, 1.54) is 18.4 Å². The number of rotatable bonds is 4. The van der Waals surface area contributed by atoms with Gasteiger partial charge in [0.2, 0.25) is 0 Å². The van der Waals surface area contributed by atoms with Gasteiger partial charge in [-0.05, 0) is 36.2 Å². The molecule has 1 aliphatic rings. The van der Waals surface area contributed by atoms with Crippen molar-refractivity contribution in [3.63, 3.8) is 0 Å². The number of nitrogens with zero attached hydrogens (tertiary/aromatic N) is 2. The predicted octanol–water partition coefficient (Wildman–Crippen LogP) is 5.18. The monoisotopic (exact) mass is 284 g/mol. The van der Waals surface area contributed by atoms with Gasteiger partial charge in [0.15, 0.2) is 0 Å². The second kappa shape index (κ2) is 7.04. The van der Waals surface area contributed by atoms with Crippen LogP contribution < -0.4 is 0 Å².